The van der Waals surface area contributed by atoms with Gasteiger partial charge >= 0.3 is 0 Å². The summed E-state index contributed by atoms with van der Waals surface area (Å²) in [5, 5.41) is 3.21. The largest absolute Gasteiger partial charge is 0.496 e. The summed E-state index contributed by atoms with van der Waals surface area (Å²) in [6.07, 6.45) is 7.31. The summed E-state index contributed by atoms with van der Waals surface area (Å²) in [4.78, 5) is 11.3. The zero-order chi connectivity index (χ0) is 16.8. The van der Waals surface area contributed by atoms with Gasteiger partial charge in [-0.1, -0.05) is 25.1 Å². The zero-order valence-electron chi connectivity index (χ0n) is 14.5. The Morgan fingerprint density at radius 1 is 1.25 bits per heavy atom. The van der Waals surface area contributed by atoms with Gasteiger partial charge in [0.05, 0.1) is 7.11 Å². The van der Waals surface area contributed by atoms with Gasteiger partial charge in [0.15, 0.2) is 0 Å². The van der Waals surface area contributed by atoms with Crippen LogP contribution < -0.4 is 10.1 Å². The Balaban J connectivity index is 1.70. The lowest BCUT2D eigenvalue weighted by molar-refractivity contribution is 0.242. The van der Waals surface area contributed by atoms with Crippen LogP contribution in [-0.2, 0) is 6.54 Å². The van der Waals surface area contributed by atoms with Crippen molar-refractivity contribution in [1.82, 2.24) is 14.9 Å². The monoisotopic (exact) mass is 326 g/mol. The van der Waals surface area contributed by atoms with Crippen molar-refractivity contribution >= 4 is 5.95 Å². The fourth-order valence-electron chi connectivity index (χ4n) is 3.31. The van der Waals surface area contributed by atoms with E-state index < -0.39 is 0 Å². The highest BCUT2D eigenvalue weighted by atomic mass is 16.5. The molecule has 1 aliphatic rings. The molecule has 0 bridgehead atoms. The zero-order valence-corrected chi connectivity index (χ0v) is 14.5. The molecular weight excluding hydrogens is 300 g/mol. The van der Waals surface area contributed by atoms with E-state index in [2.05, 4.69) is 39.2 Å². The van der Waals surface area contributed by atoms with Gasteiger partial charge < -0.3 is 10.1 Å². The Labute approximate surface area is 144 Å². The van der Waals surface area contributed by atoms with Crippen molar-refractivity contribution in [2.75, 3.05) is 25.5 Å². The summed E-state index contributed by atoms with van der Waals surface area (Å²) >= 11 is 0. The molecule has 1 atom stereocenters. The molecule has 0 saturated carbocycles. The van der Waals surface area contributed by atoms with E-state index in [-0.39, 0.29) is 0 Å². The molecule has 1 fully saturated rings. The predicted molar refractivity (Wildman–Crippen MR) is 96.2 cm³/mol. The summed E-state index contributed by atoms with van der Waals surface area (Å²) in [6, 6.07) is 8.74. The maximum absolute atomic E-state index is 5.55. The van der Waals surface area contributed by atoms with Crippen molar-refractivity contribution in [3.63, 3.8) is 0 Å². The highest BCUT2D eigenvalue weighted by Crippen LogP contribution is 2.37. The molecule has 5 heteroatoms. The van der Waals surface area contributed by atoms with E-state index in [1.807, 2.05) is 24.5 Å². The molecule has 5 nitrogen and oxygen atoms in total. The van der Waals surface area contributed by atoms with Gasteiger partial charge in [0.2, 0.25) is 5.95 Å². The molecule has 128 valence electrons. The van der Waals surface area contributed by atoms with Crippen molar-refractivity contribution in [1.29, 1.82) is 0 Å². The SMILES string of the molecule is CCCNc1ncc(CN2CCCC2c2ccccc2OC)cn1. The number of methoxy groups -OCH3 is 1. The van der Waals surface area contributed by atoms with Crippen LogP contribution in [0.1, 0.15) is 43.4 Å². The van der Waals surface area contributed by atoms with Crippen molar-refractivity contribution in [3.8, 4) is 5.75 Å². The number of nitrogens with one attached hydrogen (secondary N) is 1. The summed E-state index contributed by atoms with van der Waals surface area (Å²) in [5.74, 6) is 1.69. The van der Waals surface area contributed by atoms with Crippen LogP contribution in [0.2, 0.25) is 0 Å². The number of likely N-dealkylation sites (tertiary alicyclic amines) is 1. The van der Waals surface area contributed by atoms with E-state index in [9.17, 15) is 0 Å². The quantitative estimate of drug-likeness (QED) is 0.842. The second-order valence-corrected chi connectivity index (χ2v) is 6.21. The summed E-state index contributed by atoms with van der Waals surface area (Å²) in [5.41, 5.74) is 2.43. The fourth-order valence-corrected chi connectivity index (χ4v) is 3.31. The Morgan fingerprint density at radius 2 is 2.04 bits per heavy atom. The second kappa shape index (κ2) is 8.11. The van der Waals surface area contributed by atoms with Crippen LogP contribution in [0.25, 0.3) is 0 Å². The van der Waals surface area contributed by atoms with E-state index in [0.29, 0.717) is 12.0 Å². The minimum Gasteiger partial charge on any atom is -0.496 e. The lowest BCUT2D eigenvalue weighted by atomic mass is 10.0. The first-order valence-electron chi connectivity index (χ1n) is 8.73. The number of rotatable bonds is 7. The Bertz CT molecular complexity index is 644. The van der Waals surface area contributed by atoms with Crippen molar-refractivity contribution in [3.05, 3.63) is 47.8 Å². The summed E-state index contributed by atoms with van der Waals surface area (Å²) < 4.78 is 5.55. The third kappa shape index (κ3) is 3.85. The number of benzene rings is 1. The summed E-state index contributed by atoms with van der Waals surface area (Å²) in [6.45, 7) is 5.00. The standard InChI is InChI=1S/C19H26N4O/c1-3-10-20-19-21-12-15(13-22-19)14-23-11-6-8-17(23)16-7-4-5-9-18(16)24-2/h4-5,7,9,12-13,17H,3,6,8,10-11,14H2,1-2H3,(H,20,21,22). The van der Waals surface area contributed by atoms with Gasteiger partial charge in [0.1, 0.15) is 5.75 Å². The third-order valence-corrected chi connectivity index (χ3v) is 4.49. The van der Waals surface area contributed by atoms with Crippen molar-refractivity contribution in [2.45, 2.75) is 38.8 Å². The van der Waals surface area contributed by atoms with E-state index in [0.717, 1.165) is 43.8 Å². The van der Waals surface area contributed by atoms with Crippen LogP contribution in [0.15, 0.2) is 36.7 Å². The molecule has 24 heavy (non-hydrogen) atoms. The topological polar surface area (TPSA) is 50.3 Å². The summed E-state index contributed by atoms with van der Waals surface area (Å²) in [7, 11) is 1.74. The average Bonchev–Trinajstić information content (AvgIpc) is 3.09. The number of para-hydroxylation sites is 1. The molecule has 2 heterocycles. The molecule has 0 spiro atoms. The van der Waals surface area contributed by atoms with Crippen molar-refractivity contribution in [2.24, 2.45) is 0 Å². The van der Waals surface area contributed by atoms with Crippen LogP contribution in [-0.4, -0.2) is 35.1 Å². The average molecular weight is 326 g/mol. The van der Waals surface area contributed by atoms with Gasteiger partial charge in [-0.05, 0) is 31.9 Å². The highest BCUT2D eigenvalue weighted by Gasteiger charge is 2.28. The van der Waals surface area contributed by atoms with Gasteiger partial charge in [-0.3, -0.25) is 4.90 Å². The van der Waals surface area contributed by atoms with E-state index in [1.165, 1.54) is 12.0 Å². The molecule has 1 N–H and O–H groups in total. The van der Waals surface area contributed by atoms with Gasteiger partial charge in [-0.2, -0.15) is 0 Å². The number of hydrogen-bond donors (Lipinski definition) is 1. The molecule has 1 saturated heterocycles. The van der Waals surface area contributed by atoms with Crippen LogP contribution >= 0.6 is 0 Å². The van der Waals surface area contributed by atoms with Crippen LogP contribution in [0.4, 0.5) is 5.95 Å². The Hall–Kier alpha value is -2.14. The minimum atomic E-state index is 0.402. The van der Waals surface area contributed by atoms with Gasteiger partial charge in [0, 0.05) is 42.7 Å². The van der Waals surface area contributed by atoms with Crippen LogP contribution in [0, 0.1) is 0 Å². The second-order valence-electron chi connectivity index (χ2n) is 6.21. The molecule has 1 aromatic carbocycles. The predicted octanol–water partition coefficient (Wildman–Crippen LogP) is 3.64. The Kier molecular flexibility index (Phi) is 5.64. The minimum absolute atomic E-state index is 0.402. The maximum atomic E-state index is 5.55. The van der Waals surface area contributed by atoms with Crippen molar-refractivity contribution < 1.29 is 4.74 Å². The lowest BCUT2D eigenvalue weighted by Gasteiger charge is -2.26. The van der Waals surface area contributed by atoms with E-state index in [1.54, 1.807) is 7.11 Å². The molecular formula is C19H26N4O. The fraction of sp³-hybridized carbons (Fsp3) is 0.474. The number of ether oxygens (including phenoxy) is 1. The molecule has 1 unspecified atom stereocenters. The molecule has 0 aliphatic carbocycles. The van der Waals surface area contributed by atoms with Crippen LogP contribution in [0.5, 0.6) is 5.75 Å². The normalized spacial score (nSPS) is 17.8. The number of anilines is 1. The molecule has 1 aromatic heterocycles. The molecule has 0 amide bonds. The smallest absolute Gasteiger partial charge is 0.222 e. The lowest BCUT2D eigenvalue weighted by Crippen LogP contribution is -2.23. The maximum Gasteiger partial charge on any atom is 0.222 e. The van der Waals surface area contributed by atoms with E-state index in [4.69, 9.17) is 4.74 Å². The van der Waals surface area contributed by atoms with Crippen LogP contribution in [0.3, 0.4) is 0 Å². The molecule has 3 rings (SSSR count). The number of nitrogens with zero attached hydrogens (tertiary/aromatic N) is 3. The first-order chi connectivity index (χ1) is 11.8. The van der Waals surface area contributed by atoms with Gasteiger partial charge in [-0.15, -0.1) is 0 Å². The molecule has 2 aromatic rings. The molecule has 1 aliphatic heterocycles. The third-order valence-electron chi connectivity index (χ3n) is 4.49. The first kappa shape index (κ1) is 16.7. The van der Waals surface area contributed by atoms with Gasteiger partial charge in [0.25, 0.3) is 0 Å². The Morgan fingerprint density at radius 3 is 2.79 bits per heavy atom. The van der Waals surface area contributed by atoms with E-state index >= 15 is 0 Å². The number of hydrogen-bond acceptors (Lipinski definition) is 5. The van der Waals surface area contributed by atoms with Gasteiger partial charge in [-0.25, -0.2) is 9.97 Å². The number of aromatic nitrogens is 2. The highest BCUT2D eigenvalue weighted by molar-refractivity contribution is 5.36. The first-order valence-corrected chi connectivity index (χ1v) is 8.73. The molecule has 0 radical (unpaired) electrons.